The molecule has 31 heavy (non-hydrogen) atoms. The Labute approximate surface area is 187 Å². The number of halogens is 1. The number of rotatable bonds is 5. The molecule has 2 aromatic carbocycles. The second-order valence-corrected chi connectivity index (χ2v) is 9.54. The maximum absolute atomic E-state index is 6.16. The molecule has 7 heteroatoms. The molecule has 0 spiro atoms. The number of nitrogens with one attached hydrogen (secondary N) is 1. The molecule has 1 atom stereocenters. The molecule has 0 amide bonds. The molecule has 2 heterocycles. The number of pyridine rings is 1. The van der Waals surface area contributed by atoms with Crippen LogP contribution in [0, 0.1) is 5.41 Å². The summed E-state index contributed by atoms with van der Waals surface area (Å²) in [6.07, 6.45) is 1.80. The lowest BCUT2D eigenvalue weighted by atomic mass is 9.75. The fourth-order valence-electron chi connectivity index (χ4n) is 3.99. The third-order valence-corrected chi connectivity index (χ3v) is 5.61. The normalized spacial score (nSPS) is 13.0. The molecular weight excluding hydrogens is 408 g/mol. The Bertz CT molecular complexity index is 1210. The second-order valence-electron chi connectivity index (χ2n) is 9.11. The third kappa shape index (κ3) is 4.26. The Balaban J connectivity index is 1.84. The number of tetrazole rings is 1. The summed E-state index contributed by atoms with van der Waals surface area (Å²) in [5.74, 6) is 0.860. The Morgan fingerprint density at radius 3 is 2.52 bits per heavy atom. The first kappa shape index (κ1) is 21.2. The predicted molar refractivity (Wildman–Crippen MR) is 126 cm³/mol. The van der Waals surface area contributed by atoms with Gasteiger partial charge < -0.3 is 5.32 Å². The van der Waals surface area contributed by atoms with Crippen LogP contribution in [0.3, 0.4) is 0 Å². The van der Waals surface area contributed by atoms with Crippen LogP contribution >= 0.6 is 11.6 Å². The fraction of sp³-hybridized carbons (Fsp3) is 0.333. The van der Waals surface area contributed by atoms with Crippen molar-refractivity contribution in [1.82, 2.24) is 25.2 Å². The SMILES string of the molecule is CC(C)n1nnnc1C(c1ccccc1Nc1ccnc2cc(Cl)ccc12)C(C)(C)C. The quantitative estimate of drug-likeness (QED) is 0.394. The summed E-state index contributed by atoms with van der Waals surface area (Å²) in [5.41, 5.74) is 3.89. The Morgan fingerprint density at radius 2 is 1.77 bits per heavy atom. The summed E-state index contributed by atoms with van der Waals surface area (Å²) < 4.78 is 1.91. The molecule has 1 unspecified atom stereocenters. The summed E-state index contributed by atoms with van der Waals surface area (Å²) in [6, 6.07) is 16.3. The summed E-state index contributed by atoms with van der Waals surface area (Å²) in [7, 11) is 0. The molecule has 0 aliphatic carbocycles. The largest absolute Gasteiger partial charge is 0.355 e. The van der Waals surface area contributed by atoms with Gasteiger partial charge in [-0.05, 0) is 65.6 Å². The lowest BCUT2D eigenvalue weighted by Gasteiger charge is -2.32. The predicted octanol–water partition coefficient (Wildman–Crippen LogP) is 6.38. The maximum Gasteiger partial charge on any atom is 0.159 e. The van der Waals surface area contributed by atoms with Crippen molar-refractivity contribution in [3.05, 3.63) is 71.1 Å². The van der Waals surface area contributed by atoms with E-state index in [-0.39, 0.29) is 17.4 Å². The minimum Gasteiger partial charge on any atom is -0.355 e. The van der Waals surface area contributed by atoms with Crippen LogP contribution in [0.25, 0.3) is 10.9 Å². The maximum atomic E-state index is 6.16. The summed E-state index contributed by atoms with van der Waals surface area (Å²) in [5, 5.41) is 18.0. The van der Waals surface area contributed by atoms with E-state index in [4.69, 9.17) is 11.6 Å². The number of hydrogen-bond acceptors (Lipinski definition) is 5. The number of hydrogen-bond donors (Lipinski definition) is 1. The first-order valence-corrected chi connectivity index (χ1v) is 10.8. The molecule has 4 rings (SSSR count). The van der Waals surface area contributed by atoms with E-state index in [0.29, 0.717) is 5.02 Å². The molecule has 4 aromatic rings. The number of nitrogens with zero attached hydrogens (tertiary/aromatic N) is 5. The standard InChI is InChI=1S/C24H27ClN6/c1-15(2)31-23(28-29-30-31)22(24(3,4)5)18-8-6-7-9-19(18)27-20-12-13-26-21-14-16(25)10-11-17(20)21/h6-15,22H,1-5H3,(H,26,27). The third-order valence-electron chi connectivity index (χ3n) is 5.38. The molecule has 2 aromatic heterocycles. The number of fused-ring (bicyclic) bond motifs is 1. The van der Waals surface area contributed by atoms with Gasteiger partial charge in [0.25, 0.3) is 0 Å². The Kier molecular flexibility index (Phi) is 5.67. The van der Waals surface area contributed by atoms with Gasteiger partial charge in [0.1, 0.15) is 0 Å². The van der Waals surface area contributed by atoms with E-state index in [0.717, 1.165) is 33.7 Å². The van der Waals surface area contributed by atoms with Crippen LogP contribution in [-0.2, 0) is 0 Å². The second kappa shape index (κ2) is 8.27. The molecule has 0 bridgehead atoms. The van der Waals surface area contributed by atoms with Crippen molar-refractivity contribution in [3.8, 4) is 0 Å². The Morgan fingerprint density at radius 1 is 1.00 bits per heavy atom. The minimum atomic E-state index is -0.104. The molecule has 0 saturated heterocycles. The topological polar surface area (TPSA) is 68.5 Å². The van der Waals surface area contributed by atoms with Crippen molar-refractivity contribution in [2.24, 2.45) is 5.41 Å². The zero-order valence-electron chi connectivity index (χ0n) is 18.5. The highest BCUT2D eigenvalue weighted by atomic mass is 35.5. The van der Waals surface area contributed by atoms with Gasteiger partial charge in [0.15, 0.2) is 5.82 Å². The first-order chi connectivity index (χ1) is 14.8. The van der Waals surface area contributed by atoms with Crippen LogP contribution in [0.15, 0.2) is 54.7 Å². The number of para-hydroxylation sites is 1. The van der Waals surface area contributed by atoms with Crippen molar-refractivity contribution in [2.45, 2.75) is 46.6 Å². The minimum absolute atomic E-state index is 0.00357. The molecule has 0 aliphatic rings. The van der Waals surface area contributed by atoms with E-state index >= 15 is 0 Å². The van der Waals surface area contributed by atoms with Gasteiger partial charge in [0, 0.05) is 28.0 Å². The van der Waals surface area contributed by atoms with Crippen LogP contribution in [0.2, 0.25) is 5.02 Å². The van der Waals surface area contributed by atoms with Crippen molar-refractivity contribution < 1.29 is 0 Å². The Hall–Kier alpha value is -2.99. The molecule has 0 fully saturated rings. The molecule has 0 saturated carbocycles. The van der Waals surface area contributed by atoms with E-state index in [1.165, 1.54) is 0 Å². The first-order valence-electron chi connectivity index (χ1n) is 10.4. The average molecular weight is 435 g/mol. The van der Waals surface area contributed by atoms with Gasteiger partial charge in [0.2, 0.25) is 0 Å². The lowest BCUT2D eigenvalue weighted by molar-refractivity contribution is 0.329. The fourth-order valence-corrected chi connectivity index (χ4v) is 4.16. The van der Waals surface area contributed by atoms with Crippen molar-refractivity contribution in [3.63, 3.8) is 0 Å². The van der Waals surface area contributed by atoms with Crippen LogP contribution in [0.4, 0.5) is 11.4 Å². The monoisotopic (exact) mass is 434 g/mol. The van der Waals surface area contributed by atoms with Crippen LogP contribution < -0.4 is 5.32 Å². The van der Waals surface area contributed by atoms with Crippen molar-refractivity contribution >= 4 is 33.9 Å². The van der Waals surface area contributed by atoms with E-state index in [1.807, 2.05) is 35.0 Å². The summed E-state index contributed by atoms with van der Waals surface area (Å²) in [6.45, 7) is 10.9. The van der Waals surface area contributed by atoms with E-state index in [1.54, 1.807) is 6.20 Å². The summed E-state index contributed by atoms with van der Waals surface area (Å²) in [4.78, 5) is 4.46. The van der Waals surface area contributed by atoms with Gasteiger partial charge in [0.05, 0.1) is 17.5 Å². The zero-order valence-corrected chi connectivity index (χ0v) is 19.2. The summed E-state index contributed by atoms with van der Waals surface area (Å²) >= 11 is 6.16. The van der Waals surface area contributed by atoms with Crippen LogP contribution in [0.1, 0.15) is 58.0 Å². The van der Waals surface area contributed by atoms with Crippen LogP contribution in [-0.4, -0.2) is 25.2 Å². The molecular formula is C24H27ClN6. The lowest BCUT2D eigenvalue weighted by Crippen LogP contribution is -2.25. The highest BCUT2D eigenvalue weighted by Gasteiger charge is 2.34. The van der Waals surface area contributed by atoms with Gasteiger partial charge in [-0.3, -0.25) is 4.98 Å². The van der Waals surface area contributed by atoms with E-state index in [2.05, 4.69) is 78.6 Å². The molecule has 1 N–H and O–H groups in total. The smallest absolute Gasteiger partial charge is 0.159 e. The van der Waals surface area contributed by atoms with Gasteiger partial charge in [-0.15, -0.1) is 5.10 Å². The van der Waals surface area contributed by atoms with Gasteiger partial charge in [-0.2, -0.15) is 0 Å². The van der Waals surface area contributed by atoms with E-state index in [9.17, 15) is 0 Å². The number of aromatic nitrogens is 5. The van der Waals surface area contributed by atoms with Crippen molar-refractivity contribution in [1.29, 1.82) is 0 Å². The average Bonchev–Trinajstić information content (AvgIpc) is 3.18. The molecule has 6 nitrogen and oxygen atoms in total. The van der Waals surface area contributed by atoms with Gasteiger partial charge >= 0.3 is 0 Å². The molecule has 160 valence electrons. The molecule has 0 aliphatic heterocycles. The molecule has 0 radical (unpaired) electrons. The highest BCUT2D eigenvalue weighted by molar-refractivity contribution is 6.31. The zero-order chi connectivity index (χ0) is 22.2. The number of anilines is 2. The van der Waals surface area contributed by atoms with Gasteiger partial charge in [-0.25, -0.2) is 4.68 Å². The van der Waals surface area contributed by atoms with Gasteiger partial charge in [-0.1, -0.05) is 50.6 Å². The number of benzene rings is 2. The van der Waals surface area contributed by atoms with E-state index < -0.39 is 0 Å². The highest BCUT2D eigenvalue weighted by Crippen LogP contribution is 2.43. The van der Waals surface area contributed by atoms with Crippen LogP contribution in [0.5, 0.6) is 0 Å². The van der Waals surface area contributed by atoms with Crippen molar-refractivity contribution in [2.75, 3.05) is 5.32 Å².